The number of hydrogen-bond acceptors (Lipinski definition) is 1. The van der Waals surface area contributed by atoms with Gasteiger partial charge >= 0.3 is 0 Å². The van der Waals surface area contributed by atoms with Gasteiger partial charge in [-0.05, 0) is 60.8 Å². The van der Waals surface area contributed by atoms with Crippen LogP contribution in [0.3, 0.4) is 0 Å². The smallest absolute Gasteiger partial charge is 0.0619 e. The molecule has 1 nitrogen and oxygen atoms in total. The van der Waals surface area contributed by atoms with Crippen LogP contribution in [-0.4, -0.2) is 12.2 Å². The van der Waals surface area contributed by atoms with Crippen LogP contribution in [0.15, 0.2) is 48.5 Å². The van der Waals surface area contributed by atoms with E-state index in [0.717, 1.165) is 38.5 Å². The molecule has 2 atom stereocenters. The topological polar surface area (TPSA) is 9.23 Å². The fraction of sp³-hybridized carbons (Fsp3) is 0.538. The van der Waals surface area contributed by atoms with Crippen molar-refractivity contribution in [1.29, 1.82) is 0 Å². The van der Waals surface area contributed by atoms with Crippen molar-refractivity contribution in [3.63, 3.8) is 0 Å². The highest BCUT2D eigenvalue weighted by Gasteiger charge is 2.18. The van der Waals surface area contributed by atoms with Crippen molar-refractivity contribution in [2.75, 3.05) is 0 Å². The van der Waals surface area contributed by atoms with Gasteiger partial charge < -0.3 is 4.74 Å². The van der Waals surface area contributed by atoms with Gasteiger partial charge in [-0.25, -0.2) is 0 Å². The Hall–Kier alpha value is -1.60. The summed E-state index contributed by atoms with van der Waals surface area (Å²) in [5.41, 5.74) is 5.85. The van der Waals surface area contributed by atoms with Crippen molar-refractivity contribution in [3.05, 3.63) is 70.8 Å². The second-order valence-corrected chi connectivity index (χ2v) is 7.61. The van der Waals surface area contributed by atoms with Gasteiger partial charge in [0.05, 0.1) is 12.2 Å². The lowest BCUT2D eigenvalue weighted by Gasteiger charge is -2.26. The molecule has 0 N–H and O–H groups in total. The number of rotatable bonds is 12. The third-order valence-electron chi connectivity index (χ3n) is 5.50. The summed E-state index contributed by atoms with van der Waals surface area (Å²) < 4.78 is 6.74. The van der Waals surface area contributed by atoms with Crippen LogP contribution < -0.4 is 0 Å². The molecule has 2 rings (SSSR count). The third-order valence-corrected chi connectivity index (χ3v) is 5.50. The monoisotopic (exact) mass is 366 g/mol. The van der Waals surface area contributed by atoms with Gasteiger partial charge in [0.2, 0.25) is 0 Å². The predicted molar refractivity (Wildman–Crippen MR) is 118 cm³/mol. The Morgan fingerprint density at radius 1 is 0.593 bits per heavy atom. The molecule has 0 spiro atoms. The van der Waals surface area contributed by atoms with Gasteiger partial charge in [-0.15, -0.1) is 0 Å². The summed E-state index contributed by atoms with van der Waals surface area (Å²) in [7, 11) is 0. The zero-order chi connectivity index (χ0) is 19.5. The molecule has 0 radical (unpaired) electrons. The van der Waals surface area contributed by atoms with Crippen LogP contribution in [0.4, 0.5) is 0 Å². The van der Waals surface area contributed by atoms with E-state index in [1.807, 2.05) is 0 Å². The van der Waals surface area contributed by atoms with Crippen LogP contribution in [0.1, 0.15) is 75.6 Å². The van der Waals surface area contributed by atoms with Crippen LogP contribution in [0.2, 0.25) is 0 Å². The lowest BCUT2D eigenvalue weighted by molar-refractivity contribution is -0.0202. The van der Waals surface area contributed by atoms with Crippen molar-refractivity contribution < 1.29 is 4.74 Å². The number of benzene rings is 2. The first-order valence-electron chi connectivity index (χ1n) is 11.0. The molecule has 2 aromatic carbocycles. The maximum Gasteiger partial charge on any atom is 0.0619 e. The molecule has 27 heavy (non-hydrogen) atoms. The van der Waals surface area contributed by atoms with Gasteiger partial charge in [-0.1, -0.05) is 89.1 Å². The summed E-state index contributed by atoms with van der Waals surface area (Å²) >= 11 is 0. The highest BCUT2D eigenvalue weighted by Crippen LogP contribution is 2.22. The normalized spacial score (nSPS) is 13.5. The molecule has 0 fully saturated rings. The molecule has 0 aliphatic carbocycles. The summed E-state index contributed by atoms with van der Waals surface area (Å²) in [6.07, 6.45) is 9.49. The molecule has 148 valence electrons. The third kappa shape index (κ3) is 6.81. The Bertz CT molecular complexity index is 603. The van der Waals surface area contributed by atoms with E-state index < -0.39 is 0 Å². The molecule has 0 heterocycles. The van der Waals surface area contributed by atoms with E-state index in [-0.39, 0.29) is 0 Å². The minimum atomic E-state index is 0.313. The Morgan fingerprint density at radius 2 is 0.963 bits per heavy atom. The fourth-order valence-corrected chi connectivity index (χ4v) is 4.05. The van der Waals surface area contributed by atoms with Crippen molar-refractivity contribution in [2.45, 2.75) is 91.3 Å². The van der Waals surface area contributed by atoms with Crippen LogP contribution in [0.5, 0.6) is 0 Å². The van der Waals surface area contributed by atoms with Crippen molar-refractivity contribution in [3.8, 4) is 0 Å². The van der Waals surface area contributed by atoms with Gasteiger partial charge in [-0.2, -0.15) is 0 Å². The summed E-state index contributed by atoms with van der Waals surface area (Å²) in [4.78, 5) is 0. The number of ether oxygens (including phenoxy) is 1. The first kappa shape index (κ1) is 21.7. The average Bonchev–Trinajstić information content (AvgIpc) is 2.69. The molecule has 0 aromatic heterocycles. The van der Waals surface area contributed by atoms with Gasteiger partial charge in [-0.3, -0.25) is 0 Å². The second-order valence-electron chi connectivity index (χ2n) is 7.61. The maximum absolute atomic E-state index is 6.74. The Labute approximate surface area is 167 Å². The van der Waals surface area contributed by atoms with E-state index in [2.05, 4.69) is 76.2 Å². The van der Waals surface area contributed by atoms with Gasteiger partial charge in [0, 0.05) is 0 Å². The molecular weight excluding hydrogens is 328 g/mol. The van der Waals surface area contributed by atoms with Crippen molar-refractivity contribution in [1.82, 2.24) is 0 Å². The standard InChI is InChI=1S/C26H38O/c1-5-13-25(19-23-17-11-9-15-21(23)7-3)27-26(14-6-2)20-24-18-12-10-16-22(24)8-4/h9-12,15-18,25-26H,5-8,13-14,19-20H2,1-4H3. The molecule has 2 unspecified atom stereocenters. The second kappa shape index (κ2) is 12.0. The molecule has 0 amide bonds. The van der Waals surface area contributed by atoms with E-state index in [9.17, 15) is 0 Å². The van der Waals surface area contributed by atoms with Crippen LogP contribution in [0.25, 0.3) is 0 Å². The summed E-state index contributed by atoms with van der Waals surface area (Å²) in [6.45, 7) is 9.03. The highest BCUT2D eigenvalue weighted by atomic mass is 16.5. The molecule has 2 aromatic rings. The zero-order valence-electron chi connectivity index (χ0n) is 17.8. The molecular formula is C26H38O. The summed E-state index contributed by atoms with van der Waals surface area (Å²) in [5.74, 6) is 0. The summed E-state index contributed by atoms with van der Waals surface area (Å²) in [5, 5.41) is 0. The molecule has 0 saturated carbocycles. The Balaban J connectivity index is 2.12. The fourth-order valence-electron chi connectivity index (χ4n) is 4.05. The van der Waals surface area contributed by atoms with Gasteiger partial charge in [0.15, 0.2) is 0 Å². The van der Waals surface area contributed by atoms with Gasteiger partial charge in [0.25, 0.3) is 0 Å². The van der Waals surface area contributed by atoms with E-state index >= 15 is 0 Å². The molecule has 0 bridgehead atoms. The van der Waals surface area contributed by atoms with Crippen LogP contribution >= 0.6 is 0 Å². The van der Waals surface area contributed by atoms with Crippen LogP contribution in [0, 0.1) is 0 Å². The quantitative estimate of drug-likeness (QED) is 0.395. The molecule has 0 saturated heterocycles. The highest BCUT2D eigenvalue weighted by molar-refractivity contribution is 5.28. The van der Waals surface area contributed by atoms with Crippen molar-refractivity contribution >= 4 is 0 Å². The molecule has 0 aliphatic heterocycles. The predicted octanol–water partition coefficient (Wildman–Crippen LogP) is 6.95. The van der Waals surface area contributed by atoms with E-state index in [0.29, 0.717) is 12.2 Å². The zero-order valence-corrected chi connectivity index (χ0v) is 17.8. The lowest BCUT2D eigenvalue weighted by atomic mass is 9.96. The first-order valence-corrected chi connectivity index (χ1v) is 11.0. The molecule has 0 aliphatic rings. The average molecular weight is 367 g/mol. The first-order chi connectivity index (χ1) is 13.2. The Kier molecular flexibility index (Phi) is 9.62. The van der Waals surface area contributed by atoms with E-state index in [1.165, 1.54) is 35.1 Å². The Morgan fingerprint density at radius 3 is 1.30 bits per heavy atom. The maximum atomic E-state index is 6.74. The minimum Gasteiger partial charge on any atom is -0.374 e. The van der Waals surface area contributed by atoms with E-state index in [4.69, 9.17) is 4.74 Å². The van der Waals surface area contributed by atoms with Gasteiger partial charge in [0.1, 0.15) is 0 Å². The van der Waals surface area contributed by atoms with Crippen LogP contribution in [-0.2, 0) is 30.4 Å². The number of hydrogen-bond donors (Lipinski definition) is 0. The lowest BCUT2D eigenvalue weighted by Crippen LogP contribution is -2.26. The number of aryl methyl sites for hydroxylation is 2. The SMILES string of the molecule is CCCC(Cc1ccccc1CC)OC(CCC)Cc1ccccc1CC. The van der Waals surface area contributed by atoms with Crippen molar-refractivity contribution in [2.24, 2.45) is 0 Å². The molecule has 1 heteroatoms. The van der Waals surface area contributed by atoms with E-state index in [1.54, 1.807) is 0 Å². The minimum absolute atomic E-state index is 0.313. The summed E-state index contributed by atoms with van der Waals surface area (Å²) in [6, 6.07) is 17.7. The largest absolute Gasteiger partial charge is 0.374 e.